The molecule has 2 aromatic carbocycles. The van der Waals surface area contributed by atoms with Crippen LogP contribution in [0.5, 0.6) is 0 Å². The molecule has 24 heavy (non-hydrogen) atoms. The summed E-state index contributed by atoms with van der Waals surface area (Å²) >= 11 is 0. The van der Waals surface area contributed by atoms with Crippen LogP contribution in [-0.4, -0.2) is 36.5 Å². The van der Waals surface area contributed by atoms with E-state index in [2.05, 4.69) is 28.5 Å². The molecule has 1 fully saturated rings. The lowest BCUT2D eigenvalue weighted by atomic mass is 10.1. The number of carbonyl (C=O) groups is 1. The third kappa shape index (κ3) is 4.81. The Balaban J connectivity index is 0.00000208. The fraction of sp³-hybridized carbons (Fsp3) is 0.316. The molecule has 1 heterocycles. The maximum Gasteiger partial charge on any atom is 0.255 e. The fourth-order valence-corrected chi connectivity index (χ4v) is 2.89. The van der Waals surface area contributed by atoms with Gasteiger partial charge in [0.25, 0.3) is 5.91 Å². The summed E-state index contributed by atoms with van der Waals surface area (Å²) in [5.74, 6) is -0.0635. The van der Waals surface area contributed by atoms with Gasteiger partial charge in [0, 0.05) is 43.5 Å². The van der Waals surface area contributed by atoms with Crippen LogP contribution in [-0.2, 0) is 6.54 Å². The van der Waals surface area contributed by atoms with E-state index in [1.165, 1.54) is 5.56 Å². The number of hydrogen-bond donors (Lipinski definition) is 2. The van der Waals surface area contributed by atoms with Crippen molar-refractivity contribution in [2.75, 3.05) is 25.0 Å². The zero-order chi connectivity index (χ0) is 16.1. The number of anilines is 1. The van der Waals surface area contributed by atoms with Gasteiger partial charge in [0.2, 0.25) is 0 Å². The van der Waals surface area contributed by atoms with E-state index < -0.39 is 0 Å². The van der Waals surface area contributed by atoms with Crippen molar-refractivity contribution in [3.05, 3.63) is 65.7 Å². The van der Waals surface area contributed by atoms with E-state index >= 15 is 0 Å². The van der Waals surface area contributed by atoms with Gasteiger partial charge < -0.3 is 10.6 Å². The molecule has 3 rings (SSSR count). The van der Waals surface area contributed by atoms with Crippen LogP contribution in [0.25, 0.3) is 0 Å². The zero-order valence-electron chi connectivity index (χ0n) is 13.9. The first-order valence-corrected chi connectivity index (χ1v) is 8.12. The summed E-state index contributed by atoms with van der Waals surface area (Å²) in [4.78, 5) is 14.8. The number of carbonyl (C=O) groups excluding carboxylic acids is 1. The number of rotatable bonds is 4. The Morgan fingerprint density at radius 2 is 2.00 bits per heavy atom. The van der Waals surface area contributed by atoms with Crippen LogP contribution in [0.15, 0.2) is 54.6 Å². The summed E-state index contributed by atoms with van der Waals surface area (Å²) in [5, 5.41) is 6.34. The van der Waals surface area contributed by atoms with E-state index in [1.54, 1.807) is 0 Å². The van der Waals surface area contributed by atoms with Crippen molar-refractivity contribution in [3.8, 4) is 0 Å². The molecule has 1 aliphatic heterocycles. The highest BCUT2D eigenvalue weighted by Gasteiger charge is 2.18. The minimum absolute atomic E-state index is 0. The lowest BCUT2D eigenvalue weighted by Gasteiger charge is -2.33. The van der Waals surface area contributed by atoms with E-state index in [9.17, 15) is 4.79 Å². The predicted octanol–water partition coefficient (Wildman–Crippen LogP) is 3.15. The normalized spacial score (nSPS) is 17.8. The van der Waals surface area contributed by atoms with Gasteiger partial charge in [0.1, 0.15) is 0 Å². The third-order valence-corrected chi connectivity index (χ3v) is 4.25. The van der Waals surface area contributed by atoms with Gasteiger partial charge in [-0.25, -0.2) is 0 Å². The van der Waals surface area contributed by atoms with Crippen LogP contribution in [0.3, 0.4) is 0 Å². The number of piperazine rings is 1. The van der Waals surface area contributed by atoms with Crippen molar-refractivity contribution < 1.29 is 4.79 Å². The first-order chi connectivity index (χ1) is 11.2. The second-order valence-corrected chi connectivity index (χ2v) is 6.04. The summed E-state index contributed by atoms with van der Waals surface area (Å²) in [6.07, 6.45) is 0. The fourth-order valence-electron chi connectivity index (χ4n) is 2.89. The van der Waals surface area contributed by atoms with E-state index in [1.807, 2.05) is 48.5 Å². The van der Waals surface area contributed by atoms with Crippen molar-refractivity contribution >= 4 is 24.0 Å². The molecule has 5 heteroatoms. The number of nitrogens with zero attached hydrogens (tertiary/aromatic N) is 1. The molecule has 0 unspecified atom stereocenters. The first-order valence-electron chi connectivity index (χ1n) is 8.12. The monoisotopic (exact) mass is 345 g/mol. The quantitative estimate of drug-likeness (QED) is 0.894. The molecular formula is C19H24ClN3O. The second kappa shape index (κ2) is 8.83. The van der Waals surface area contributed by atoms with E-state index in [-0.39, 0.29) is 18.3 Å². The predicted molar refractivity (Wildman–Crippen MR) is 101 cm³/mol. The van der Waals surface area contributed by atoms with Crippen LogP contribution in [0.4, 0.5) is 5.69 Å². The standard InChI is InChI=1S/C19H23N3O.ClH/c1-15-13-20-10-11-22(15)14-16-6-5-7-17(12-16)19(23)21-18-8-3-2-4-9-18;/h2-9,12,15,20H,10-11,13-14H2,1H3,(H,21,23);1H/t15-;/m1./s1. The average Bonchev–Trinajstić information content (AvgIpc) is 2.58. The zero-order valence-corrected chi connectivity index (χ0v) is 14.7. The van der Waals surface area contributed by atoms with Gasteiger partial charge in [-0.3, -0.25) is 9.69 Å². The Morgan fingerprint density at radius 1 is 1.21 bits per heavy atom. The van der Waals surface area contributed by atoms with E-state index in [0.717, 1.165) is 31.9 Å². The summed E-state index contributed by atoms with van der Waals surface area (Å²) in [7, 11) is 0. The number of benzene rings is 2. The second-order valence-electron chi connectivity index (χ2n) is 6.04. The van der Waals surface area contributed by atoms with E-state index in [0.29, 0.717) is 11.6 Å². The highest BCUT2D eigenvalue weighted by atomic mass is 35.5. The highest BCUT2D eigenvalue weighted by Crippen LogP contribution is 2.14. The third-order valence-electron chi connectivity index (χ3n) is 4.25. The van der Waals surface area contributed by atoms with Gasteiger partial charge in [-0.2, -0.15) is 0 Å². The molecule has 1 saturated heterocycles. The summed E-state index contributed by atoms with van der Waals surface area (Å²) in [5.41, 5.74) is 2.70. The minimum Gasteiger partial charge on any atom is -0.322 e. The molecule has 1 amide bonds. The molecule has 1 atom stereocenters. The van der Waals surface area contributed by atoms with Gasteiger partial charge in [0.15, 0.2) is 0 Å². The average molecular weight is 346 g/mol. The summed E-state index contributed by atoms with van der Waals surface area (Å²) < 4.78 is 0. The lowest BCUT2D eigenvalue weighted by Crippen LogP contribution is -2.49. The molecule has 4 nitrogen and oxygen atoms in total. The first kappa shape index (κ1) is 18.5. The Kier molecular flexibility index (Phi) is 6.79. The number of nitrogens with one attached hydrogen (secondary N) is 2. The molecule has 0 radical (unpaired) electrons. The summed E-state index contributed by atoms with van der Waals surface area (Å²) in [6.45, 7) is 6.21. The van der Waals surface area contributed by atoms with Gasteiger partial charge in [-0.05, 0) is 36.8 Å². The topological polar surface area (TPSA) is 44.4 Å². The van der Waals surface area contributed by atoms with Crippen molar-refractivity contribution in [3.63, 3.8) is 0 Å². The molecule has 1 aliphatic rings. The molecule has 0 bridgehead atoms. The molecule has 2 aromatic rings. The van der Waals surface area contributed by atoms with Gasteiger partial charge in [0.05, 0.1) is 0 Å². The molecule has 128 valence electrons. The number of amides is 1. The SMILES string of the molecule is C[C@@H]1CNCCN1Cc1cccc(C(=O)Nc2ccccc2)c1.Cl. The molecular weight excluding hydrogens is 322 g/mol. The molecule has 0 aromatic heterocycles. The number of hydrogen-bond acceptors (Lipinski definition) is 3. The van der Waals surface area contributed by atoms with Crippen molar-refractivity contribution in [2.45, 2.75) is 19.5 Å². The summed E-state index contributed by atoms with van der Waals surface area (Å²) in [6, 6.07) is 18.0. The van der Waals surface area contributed by atoms with Gasteiger partial charge >= 0.3 is 0 Å². The van der Waals surface area contributed by atoms with Crippen LogP contribution < -0.4 is 10.6 Å². The number of para-hydroxylation sites is 1. The Labute approximate surface area is 149 Å². The minimum atomic E-state index is -0.0635. The van der Waals surface area contributed by atoms with Crippen LogP contribution in [0.2, 0.25) is 0 Å². The maximum atomic E-state index is 12.4. The lowest BCUT2D eigenvalue weighted by molar-refractivity contribution is 0.102. The van der Waals surface area contributed by atoms with Crippen molar-refractivity contribution in [1.82, 2.24) is 10.2 Å². The molecule has 0 aliphatic carbocycles. The Hall–Kier alpha value is -1.88. The van der Waals surface area contributed by atoms with Crippen LogP contribution in [0.1, 0.15) is 22.8 Å². The molecule has 2 N–H and O–H groups in total. The van der Waals surface area contributed by atoms with E-state index in [4.69, 9.17) is 0 Å². The highest BCUT2D eigenvalue weighted by molar-refractivity contribution is 6.04. The molecule has 0 saturated carbocycles. The number of halogens is 1. The van der Waals surface area contributed by atoms with Crippen LogP contribution >= 0.6 is 12.4 Å². The maximum absolute atomic E-state index is 12.4. The van der Waals surface area contributed by atoms with Gasteiger partial charge in [-0.1, -0.05) is 30.3 Å². The molecule has 0 spiro atoms. The Bertz CT molecular complexity index is 663. The smallest absolute Gasteiger partial charge is 0.255 e. The Morgan fingerprint density at radius 3 is 2.75 bits per heavy atom. The van der Waals surface area contributed by atoms with Crippen LogP contribution in [0, 0.1) is 0 Å². The van der Waals surface area contributed by atoms with Crippen molar-refractivity contribution in [2.24, 2.45) is 0 Å². The van der Waals surface area contributed by atoms with Gasteiger partial charge in [-0.15, -0.1) is 12.4 Å². The van der Waals surface area contributed by atoms with Crippen molar-refractivity contribution in [1.29, 1.82) is 0 Å². The largest absolute Gasteiger partial charge is 0.322 e.